The Morgan fingerprint density at radius 2 is 2.00 bits per heavy atom. The third kappa shape index (κ3) is 1.99. The summed E-state index contributed by atoms with van der Waals surface area (Å²) in [4.78, 5) is 23.3. The lowest BCUT2D eigenvalue weighted by Gasteiger charge is -2.18. The van der Waals surface area contributed by atoms with Crippen molar-refractivity contribution >= 4 is 16.9 Å². The molecule has 2 aromatic rings. The van der Waals surface area contributed by atoms with Crippen LogP contribution < -0.4 is 5.43 Å². The van der Waals surface area contributed by atoms with E-state index in [1.54, 1.807) is 6.07 Å². The molecule has 0 radical (unpaired) electrons. The third-order valence-electron chi connectivity index (χ3n) is 3.94. The molecule has 104 valence electrons. The predicted octanol–water partition coefficient (Wildman–Crippen LogP) is 2.95. The van der Waals surface area contributed by atoms with E-state index in [0.717, 1.165) is 31.7 Å². The van der Waals surface area contributed by atoms with E-state index in [2.05, 4.69) is 0 Å². The van der Waals surface area contributed by atoms with E-state index in [1.807, 2.05) is 4.57 Å². The molecule has 0 spiro atoms. The topological polar surface area (TPSA) is 59.3 Å². The number of hydrogen-bond acceptors (Lipinski definition) is 2. The number of halogens is 1. The molecule has 1 aliphatic carbocycles. The van der Waals surface area contributed by atoms with Crippen molar-refractivity contribution in [1.29, 1.82) is 0 Å². The molecule has 0 saturated heterocycles. The summed E-state index contributed by atoms with van der Waals surface area (Å²) < 4.78 is 15.2. The molecule has 1 saturated carbocycles. The van der Waals surface area contributed by atoms with E-state index in [0.29, 0.717) is 5.52 Å². The molecule has 1 aromatic heterocycles. The molecule has 1 fully saturated rings. The summed E-state index contributed by atoms with van der Waals surface area (Å²) in [7, 11) is 0. The summed E-state index contributed by atoms with van der Waals surface area (Å²) in [5.41, 5.74) is -0.315. The lowest BCUT2D eigenvalue weighted by atomic mass is 10.1. The SMILES string of the molecule is O=C(O)c1cn(C2CCCC2)c2ccc(F)cc2c1=O. The van der Waals surface area contributed by atoms with Crippen LogP contribution in [-0.4, -0.2) is 15.6 Å². The van der Waals surface area contributed by atoms with Gasteiger partial charge in [0.15, 0.2) is 0 Å². The molecular formula is C15H14FNO3. The zero-order chi connectivity index (χ0) is 14.3. The van der Waals surface area contributed by atoms with Gasteiger partial charge in [-0.05, 0) is 31.0 Å². The highest BCUT2D eigenvalue weighted by molar-refractivity contribution is 5.92. The van der Waals surface area contributed by atoms with Crippen LogP contribution in [0.5, 0.6) is 0 Å². The van der Waals surface area contributed by atoms with E-state index < -0.39 is 17.2 Å². The average molecular weight is 275 g/mol. The fourth-order valence-corrected chi connectivity index (χ4v) is 2.96. The number of benzene rings is 1. The van der Waals surface area contributed by atoms with Gasteiger partial charge in [0, 0.05) is 17.6 Å². The Kier molecular flexibility index (Phi) is 3.04. The summed E-state index contributed by atoms with van der Waals surface area (Å²) in [6.45, 7) is 0. The number of pyridine rings is 1. The predicted molar refractivity (Wildman–Crippen MR) is 72.6 cm³/mol. The first-order valence-corrected chi connectivity index (χ1v) is 6.65. The Morgan fingerprint density at radius 1 is 1.30 bits per heavy atom. The van der Waals surface area contributed by atoms with Gasteiger partial charge in [-0.15, -0.1) is 0 Å². The van der Waals surface area contributed by atoms with E-state index in [-0.39, 0.29) is 17.0 Å². The van der Waals surface area contributed by atoms with Gasteiger partial charge in [0.05, 0.1) is 5.52 Å². The number of fused-ring (bicyclic) bond motifs is 1. The lowest BCUT2D eigenvalue weighted by Crippen LogP contribution is -2.20. The average Bonchev–Trinajstić information content (AvgIpc) is 2.93. The Labute approximate surface area is 114 Å². The molecule has 3 rings (SSSR count). The molecule has 0 bridgehead atoms. The van der Waals surface area contributed by atoms with Gasteiger partial charge in [0.25, 0.3) is 0 Å². The minimum atomic E-state index is -1.27. The first-order valence-electron chi connectivity index (χ1n) is 6.65. The Hall–Kier alpha value is -2.17. The van der Waals surface area contributed by atoms with Crippen LogP contribution >= 0.6 is 0 Å². The molecule has 1 N–H and O–H groups in total. The van der Waals surface area contributed by atoms with Crippen molar-refractivity contribution in [1.82, 2.24) is 4.57 Å². The Balaban J connectivity index is 2.35. The second-order valence-corrected chi connectivity index (χ2v) is 5.18. The second kappa shape index (κ2) is 4.74. The van der Waals surface area contributed by atoms with Gasteiger partial charge in [-0.3, -0.25) is 4.79 Å². The summed E-state index contributed by atoms with van der Waals surface area (Å²) in [6, 6.07) is 4.15. The fraction of sp³-hybridized carbons (Fsp3) is 0.333. The third-order valence-corrected chi connectivity index (χ3v) is 3.94. The van der Waals surface area contributed by atoms with Crippen LogP contribution in [-0.2, 0) is 0 Å². The largest absolute Gasteiger partial charge is 0.477 e. The van der Waals surface area contributed by atoms with Crippen molar-refractivity contribution in [3.63, 3.8) is 0 Å². The Bertz CT molecular complexity index is 745. The van der Waals surface area contributed by atoms with Crippen LogP contribution in [0.25, 0.3) is 10.9 Å². The van der Waals surface area contributed by atoms with Gasteiger partial charge in [0.1, 0.15) is 11.4 Å². The van der Waals surface area contributed by atoms with Crippen molar-refractivity contribution in [2.45, 2.75) is 31.7 Å². The van der Waals surface area contributed by atoms with Gasteiger partial charge in [-0.1, -0.05) is 12.8 Å². The quantitative estimate of drug-likeness (QED) is 0.916. The molecule has 0 aliphatic heterocycles. The van der Waals surface area contributed by atoms with E-state index >= 15 is 0 Å². The number of carboxylic acids is 1. The first kappa shape index (κ1) is 12.8. The molecule has 0 unspecified atom stereocenters. The van der Waals surface area contributed by atoms with Crippen LogP contribution in [0.15, 0.2) is 29.2 Å². The molecule has 1 aliphatic rings. The molecule has 1 heterocycles. The van der Waals surface area contributed by atoms with Crippen LogP contribution in [0.3, 0.4) is 0 Å². The molecule has 0 atom stereocenters. The molecule has 5 heteroatoms. The summed E-state index contributed by atoms with van der Waals surface area (Å²) in [5, 5.41) is 9.29. The fourth-order valence-electron chi connectivity index (χ4n) is 2.96. The number of carboxylic acid groups (broad SMARTS) is 1. The summed E-state index contributed by atoms with van der Waals surface area (Å²) in [5.74, 6) is -1.80. The van der Waals surface area contributed by atoms with E-state index in [1.165, 1.54) is 12.3 Å². The van der Waals surface area contributed by atoms with Crippen LogP contribution in [0.2, 0.25) is 0 Å². The lowest BCUT2D eigenvalue weighted by molar-refractivity contribution is 0.0694. The Morgan fingerprint density at radius 3 is 2.65 bits per heavy atom. The maximum atomic E-state index is 13.4. The van der Waals surface area contributed by atoms with E-state index in [9.17, 15) is 14.0 Å². The number of aromatic carboxylic acids is 1. The molecule has 0 amide bonds. The van der Waals surface area contributed by atoms with Gasteiger partial charge in [-0.2, -0.15) is 0 Å². The van der Waals surface area contributed by atoms with Crippen molar-refractivity contribution in [3.05, 3.63) is 46.0 Å². The number of hydrogen-bond donors (Lipinski definition) is 1. The zero-order valence-electron chi connectivity index (χ0n) is 10.8. The highest BCUT2D eigenvalue weighted by Crippen LogP contribution is 2.31. The first-order chi connectivity index (χ1) is 9.58. The highest BCUT2D eigenvalue weighted by atomic mass is 19.1. The van der Waals surface area contributed by atoms with Crippen molar-refractivity contribution < 1.29 is 14.3 Å². The number of aromatic nitrogens is 1. The maximum absolute atomic E-state index is 13.4. The maximum Gasteiger partial charge on any atom is 0.341 e. The monoisotopic (exact) mass is 275 g/mol. The molecule has 1 aromatic carbocycles. The smallest absolute Gasteiger partial charge is 0.341 e. The summed E-state index contributed by atoms with van der Waals surface area (Å²) >= 11 is 0. The minimum absolute atomic E-state index is 0.136. The van der Waals surface area contributed by atoms with Crippen molar-refractivity contribution in [2.75, 3.05) is 0 Å². The number of nitrogens with zero attached hydrogens (tertiary/aromatic N) is 1. The number of rotatable bonds is 2. The van der Waals surface area contributed by atoms with Crippen molar-refractivity contribution in [2.24, 2.45) is 0 Å². The van der Waals surface area contributed by atoms with Gasteiger partial charge < -0.3 is 9.67 Å². The van der Waals surface area contributed by atoms with Crippen LogP contribution in [0.4, 0.5) is 4.39 Å². The van der Waals surface area contributed by atoms with E-state index in [4.69, 9.17) is 5.11 Å². The zero-order valence-corrected chi connectivity index (χ0v) is 10.8. The molecular weight excluding hydrogens is 261 g/mol. The van der Waals surface area contributed by atoms with Crippen molar-refractivity contribution in [3.8, 4) is 0 Å². The number of carbonyl (C=O) groups is 1. The second-order valence-electron chi connectivity index (χ2n) is 5.18. The van der Waals surface area contributed by atoms with Gasteiger partial charge >= 0.3 is 5.97 Å². The molecule has 4 nitrogen and oxygen atoms in total. The standard InChI is InChI=1S/C15H14FNO3/c16-9-5-6-13-11(7-9)14(18)12(15(19)20)8-17(13)10-3-1-2-4-10/h5-8,10H,1-4H2,(H,19,20). The van der Waals surface area contributed by atoms with Gasteiger partial charge in [-0.25, -0.2) is 9.18 Å². The van der Waals surface area contributed by atoms with Crippen LogP contribution in [0, 0.1) is 5.82 Å². The molecule has 20 heavy (non-hydrogen) atoms. The van der Waals surface area contributed by atoms with Gasteiger partial charge in [0.2, 0.25) is 5.43 Å². The van der Waals surface area contributed by atoms with Crippen LogP contribution in [0.1, 0.15) is 42.1 Å². The normalized spacial score (nSPS) is 15.8. The summed E-state index contributed by atoms with van der Waals surface area (Å²) in [6.07, 6.45) is 5.48. The minimum Gasteiger partial charge on any atom is -0.477 e. The highest BCUT2D eigenvalue weighted by Gasteiger charge is 2.21.